The number of hydrogen-bond donors (Lipinski definition) is 0. The number of piperidine rings is 1. The summed E-state index contributed by atoms with van der Waals surface area (Å²) in [6.45, 7) is 3.10. The number of nitrogens with zero attached hydrogens (tertiary/aromatic N) is 1. The second-order valence-corrected chi connectivity index (χ2v) is 6.42. The van der Waals surface area contributed by atoms with Crippen LogP contribution in [0.5, 0.6) is 0 Å². The molecule has 3 aliphatic rings. The number of likely N-dealkylation sites (tertiary alicyclic amines) is 1. The zero-order valence-corrected chi connectivity index (χ0v) is 11.3. The lowest BCUT2D eigenvalue weighted by Crippen LogP contribution is -2.50. The Bertz CT molecular complexity index is 299. The van der Waals surface area contributed by atoms with Crippen LogP contribution >= 0.6 is 0 Å². The number of hydrogen-bond acceptors (Lipinski definition) is 3. The molecule has 2 unspecified atom stereocenters. The molecule has 1 aliphatic carbocycles. The van der Waals surface area contributed by atoms with Crippen molar-refractivity contribution in [2.24, 2.45) is 5.92 Å². The van der Waals surface area contributed by atoms with Gasteiger partial charge in [0.15, 0.2) is 0 Å². The van der Waals surface area contributed by atoms with E-state index < -0.39 is 0 Å². The van der Waals surface area contributed by atoms with Crippen LogP contribution in [0.3, 0.4) is 0 Å². The molecule has 1 spiro atoms. The second kappa shape index (κ2) is 5.30. The van der Waals surface area contributed by atoms with Gasteiger partial charge in [0, 0.05) is 25.1 Å². The van der Waals surface area contributed by atoms with E-state index in [4.69, 9.17) is 4.74 Å². The third-order valence-electron chi connectivity index (χ3n) is 5.18. The van der Waals surface area contributed by atoms with Gasteiger partial charge in [-0.25, -0.2) is 0 Å². The highest BCUT2D eigenvalue weighted by Gasteiger charge is 2.42. The Morgan fingerprint density at radius 1 is 1.17 bits per heavy atom. The first-order valence-corrected chi connectivity index (χ1v) is 7.65. The molecule has 2 aliphatic heterocycles. The average Bonchev–Trinajstić information content (AvgIpc) is 2.87. The summed E-state index contributed by atoms with van der Waals surface area (Å²) >= 11 is 0. The Labute approximate surface area is 110 Å². The van der Waals surface area contributed by atoms with Crippen LogP contribution in [0.25, 0.3) is 0 Å². The normalized spacial score (nSPS) is 36.9. The van der Waals surface area contributed by atoms with E-state index in [0.29, 0.717) is 6.04 Å². The Hall–Kier alpha value is -0.410. The molecule has 0 radical (unpaired) electrons. The van der Waals surface area contributed by atoms with Crippen molar-refractivity contribution >= 4 is 6.29 Å². The van der Waals surface area contributed by atoms with Crippen LogP contribution in [0.2, 0.25) is 0 Å². The summed E-state index contributed by atoms with van der Waals surface area (Å²) in [5, 5.41) is 0. The van der Waals surface area contributed by atoms with Gasteiger partial charge in [0.1, 0.15) is 6.29 Å². The van der Waals surface area contributed by atoms with Gasteiger partial charge in [-0.2, -0.15) is 0 Å². The first-order valence-electron chi connectivity index (χ1n) is 7.65. The smallest absolute Gasteiger partial charge is 0.124 e. The molecule has 3 nitrogen and oxygen atoms in total. The quantitative estimate of drug-likeness (QED) is 0.706. The summed E-state index contributed by atoms with van der Waals surface area (Å²) in [5.41, 5.74) is 0.205. The van der Waals surface area contributed by atoms with Crippen molar-refractivity contribution in [3.63, 3.8) is 0 Å². The number of ether oxygens (including phenoxy) is 1. The lowest BCUT2D eigenvalue weighted by atomic mass is 9.86. The fourth-order valence-corrected chi connectivity index (χ4v) is 4.16. The number of rotatable bonds is 2. The van der Waals surface area contributed by atoms with Crippen LogP contribution in [0.1, 0.15) is 51.4 Å². The van der Waals surface area contributed by atoms with Gasteiger partial charge in [-0.15, -0.1) is 0 Å². The van der Waals surface area contributed by atoms with E-state index in [2.05, 4.69) is 4.90 Å². The number of aldehydes is 1. The molecular weight excluding hydrogens is 226 g/mol. The third kappa shape index (κ3) is 2.48. The fraction of sp³-hybridized carbons (Fsp3) is 0.933. The molecule has 0 aromatic rings. The molecule has 0 aromatic heterocycles. The topological polar surface area (TPSA) is 29.5 Å². The van der Waals surface area contributed by atoms with Crippen molar-refractivity contribution in [1.82, 2.24) is 4.90 Å². The zero-order chi connectivity index (χ0) is 12.4. The van der Waals surface area contributed by atoms with E-state index in [9.17, 15) is 4.79 Å². The average molecular weight is 251 g/mol. The molecule has 0 bridgehead atoms. The predicted molar refractivity (Wildman–Crippen MR) is 70.5 cm³/mol. The summed E-state index contributed by atoms with van der Waals surface area (Å²) in [6.07, 6.45) is 11.0. The van der Waals surface area contributed by atoms with E-state index >= 15 is 0 Å². The number of carbonyl (C=O) groups is 1. The predicted octanol–water partition coefficient (Wildman–Crippen LogP) is 2.39. The van der Waals surface area contributed by atoms with Gasteiger partial charge in [-0.3, -0.25) is 4.90 Å². The Kier molecular flexibility index (Phi) is 3.71. The Morgan fingerprint density at radius 2 is 2.00 bits per heavy atom. The summed E-state index contributed by atoms with van der Waals surface area (Å²) in [6, 6.07) is 0.666. The van der Waals surface area contributed by atoms with Gasteiger partial charge < -0.3 is 9.53 Å². The van der Waals surface area contributed by atoms with E-state index in [0.717, 1.165) is 32.3 Å². The van der Waals surface area contributed by atoms with Crippen molar-refractivity contribution in [2.75, 3.05) is 19.7 Å². The minimum atomic E-state index is 0.205. The molecule has 2 heterocycles. The monoisotopic (exact) mass is 251 g/mol. The van der Waals surface area contributed by atoms with Gasteiger partial charge in [0.2, 0.25) is 0 Å². The summed E-state index contributed by atoms with van der Waals surface area (Å²) in [4.78, 5) is 13.6. The zero-order valence-electron chi connectivity index (χ0n) is 11.3. The summed E-state index contributed by atoms with van der Waals surface area (Å²) < 4.78 is 6.10. The fourth-order valence-electron chi connectivity index (χ4n) is 4.16. The minimum Gasteiger partial charge on any atom is -0.375 e. The Balaban J connectivity index is 1.63. The maximum Gasteiger partial charge on any atom is 0.124 e. The van der Waals surface area contributed by atoms with Crippen molar-refractivity contribution in [3.8, 4) is 0 Å². The van der Waals surface area contributed by atoms with Crippen LogP contribution in [0.4, 0.5) is 0 Å². The second-order valence-electron chi connectivity index (χ2n) is 6.42. The molecule has 3 heteroatoms. The standard InChI is InChI=1S/C15H25NO2/c17-12-13-4-3-8-16(11-13)14-5-9-18-15(10-14)6-1-2-7-15/h12-14H,1-11H2. The van der Waals surface area contributed by atoms with E-state index in [-0.39, 0.29) is 11.5 Å². The van der Waals surface area contributed by atoms with Crippen molar-refractivity contribution in [3.05, 3.63) is 0 Å². The van der Waals surface area contributed by atoms with Gasteiger partial charge >= 0.3 is 0 Å². The first-order chi connectivity index (χ1) is 8.81. The molecule has 0 N–H and O–H groups in total. The van der Waals surface area contributed by atoms with Crippen molar-refractivity contribution in [1.29, 1.82) is 0 Å². The SMILES string of the molecule is O=CC1CCCN(C2CCOC3(CCCC3)C2)C1. The molecule has 18 heavy (non-hydrogen) atoms. The van der Waals surface area contributed by atoms with Crippen LogP contribution in [-0.2, 0) is 9.53 Å². The minimum absolute atomic E-state index is 0.205. The van der Waals surface area contributed by atoms with E-state index in [1.165, 1.54) is 45.1 Å². The lowest BCUT2D eigenvalue weighted by molar-refractivity contribution is -0.117. The van der Waals surface area contributed by atoms with E-state index in [1.54, 1.807) is 0 Å². The third-order valence-corrected chi connectivity index (χ3v) is 5.18. The highest BCUT2D eigenvalue weighted by Crippen LogP contribution is 2.41. The molecule has 0 aromatic carbocycles. The number of carbonyl (C=O) groups excluding carboxylic acids is 1. The van der Waals surface area contributed by atoms with Crippen molar-refractivity contribution < 1.29 is 9.53 Å². The van der Waals surface area contributed by atoms with Crippen LogP contribution < -0.4 is 0 Å². The molecule has 1 saturated carbocycles. The first kappa shape index (κ1) is 12.6. The van der Waals surface area contributed by atoms with Gasteiger partial charge in [0.25, 0.3) is 0 Å². The van der Waals surface area contributed by atoms with Crippen LogP contribution in [0.15, 0.2) is 0 Å². The largest absolute Gasteiger partial charge is 0.375 e. The molecule has 2 saturated heterocycles. The highest BCUT2D eigenvalue weighted by molar-refractivity contribution is 5.53. The molecule has 2 atom stereocenters. The van der Waals surface area contributed by atoms with Crippen LogP contribution in [0, 0.1) is 5.92 Å². The van der Waals surface area contributed by atoms with E-state index in [1.807, 2.05) is 0 Å². The van der Waals surface area contributed by atoms with Crippen LogP contribution in [-0.4, -0.2) is 42.5 Å². The van der Waals surface area contributed by atoms with Gasteiger partial charge in [0.05, 0.1) is 5.60 Å². The maximum atomic E-state index is 11.0. The highest BCUT2D eigenvalue weighted by atomic mass is 16.5. The van der Waals surface area contributed by atoms with Gasteiger partial charge in [-0.05, 0) is 45.1 Å². The molecule has 3 fully saturated rings. The lowest BCUT2D eigenvalue weighted by Gasteiger charge is -2.45. The summed E-state index contributed by atoms with van der Waals surface area (Å²) in [7, 11) is 0. The van der Waals surface area contributed by atoms with Gasteiger partial charge in [-0.1, -0.05) is 12.8 Å². The molecule has 0 amide bonds. The van der Waals surface area contributed by atoms with Crippen molar-refractivity contribution in [2.45, 2.75) is 63.0 Å². The summed E-state index contributed by atoms with van der Waals surface area (Å²) in [5.74, 6) is 0.279. The Morgan fingerprint density at radius 3 is 2.78 bits per heavy atom. The molecule has 3 rings (SSSR count). The molecular formula is C15H25NO2. The molecule has 102 valence electrons. The maximum absolute atomic E-state index is 11.0.